The third kappa shape index (κ3) is 4.77. The van der Waals surface area contributed by atoms with E-state index in [1.807, 2.05) is 20.8 Å². The molecule has 0 aliphatic rings. The maximum atomic E-state index is 12.7. The summed E-state index contributed by atoms with van der Waals surface area (Å²) in [6.07, 6.45) is 0.210. The lowest BCUT2D eigenvalue weighted by Gasteiger charge is -2.16. The minimum Gasteiger partial charge on any atom is -0.298 e. The maximum Gasteiger partial charge on any atom is 0.149 e. The molecule has 0 aliphatic carbocycles. The predicted octanol–water partition coefficient (Wildman–Crippen LogP) is 2.48. The standard InChI is InChI=1S/C13H17FO2S/c1-13(2,3)17(16)9-12(15)8-10-4-6-11(14)7-5-10/h4-7H,8-9H2,1-3H3. The highest BCUT2D eigenvalue weighted by molar-refractivity contribution is 7.87. The monoisotopic (exact) mass is 256 g/mol. The smallest absolute Gasteiger partial charge is 0.149 e. The zero-order valence-electron chi connectivity index (χ0n) is 10.3. The van der Waals surface area contributed by atoms with Gasteiger partial charge in [0.25, 0.3) is 0 Å². The van der Waals surface area contributed by atoms with E-state index in [0.717, 1.165) is 5.56 Å². The fourth-order valence-corrected chi connectivity index (χ4v) is 2.07. The number of rotatable bonds is 4. The highest BCUT2D eigenvalue weighted by Gasteiger charge is 2.21. The first-order valence-corrected chi connectivity index (χ1v) is 6.75. The van der Waals surface area contributed by atoms with Crippen LogP contribution in [0.4, 0.5) is 4.39 Å². The third-order valence-corrected chi connectivity index (χ3v) is 4.24. The van der Waals surface area contributed by atoms with Gasteiger partial charge in [-0.25, -0.2) is 4.39 Å². The largest absolute Gasteiger partial charge is 0.298 e. The van der Waals surface area contributed by atoms with Crippen molar-refractivity contribution in [1.29, 1.82) is 0 Å². The summed E-state index contributed by atoms with van der Waals surface area (Å²) < 4.78 is 24.0. The van der Waals surface area contributed by atoms with Crippen LogP contribution in [0, 0.1) is 5.82 Å². The molecule has 0 spiro atoms. The van der Waals surface area contributed by atoms with Crippen molar-refractivity contribution >= 4 is 16.6 Å². The van der Waals surface area contributed by atoms with E-state index in [4.69, 9.17) is 0 Å². The molecule has 0 saturated heterocycles. The van der Waals surface area contributed by atoms with E-state index in [-0.39, 0.29) is 28.5 Å². The van der Waals surface area contributed by atoms with E-state index in [2.05, 4.69) is 0 Å². The molecular weight excluding hydrogens is 239 g/mol. The fraction of sp³-hybridized carbons (Fsp3) is 0.462. The lowest BCUT2D eigenvalue weighted by Crippen LogP contribution is -2.28. The van der Waals surface area contributed by atoms with Crippen LogP contribution in [-0.4, -0.2) is 20.5 Å². The number of carbonyl (C=O) groups excluding carboxylic acids is 1. The van der Waals surface area contributed by atoms with E-state index in [1.165, 1.54) is 12.1 Å². The summed E-state index contributed by atoms with van der Waals surface area (Å²) in [5.74, 6) is -0.342. The van der Waals surface area contributed by atoms with Crippen molar-refractivity contribution in [3.05, 3.63) is 35.6 Å². The summed E-state index contributed by atoms with van der Waals surface area (Å²) in [6.45, 7) is 5.52. The Labute approximate surface area is 104 Å². The SMILES string of the molecule is CC(C)(C)S(=O)CC(=O)Cc1ccc(F)cc1. The molecule has 1 atom stereocenters. The molecule has 0 bridgehead atoms. The highest BCUT2D eigenvalue weighted by atomic mass is 32.2. The molecule has 4 heteroatoms. The van der Waals surface area contributed by atoms with Gasteiger partial charge in [-0.3, -0.25) is 9.00 Å². The van der Waals surface area contributed by atoms with Gasteiger partial charge in [-0.05, 0) is 38.5 Å². The summed E-state index contributed by atoms with van der Waals surface area (Å²) in [6, 6.07) is 5.80. The van der Waals surface area contributed by atoms with Gasteiger partial charge in [-0.15, -0.1) is 0 Å². The van der Waals surface area contributed by atoms with Gasteiger partial charge in [-0.2, -0.15) is 0 Å². The molecule has 17 heavy (non-hydrogen) atoms. The first-order valence-electron chi connectivity index (χ1n) is 5.43. The van der Waals surface area contributed by atoms with Crippen LogP contribution in [0.25, 0.3) is 0 Å². The molecule has 1 aromatic carbocycles. The van der Waals surface area contributed by atoms with Crippen molar-refractivity contribution in [2.75, 3.05) is 5.75 Å². The van der Waals surface area contributed by atoms with Crippen LogP contribution in [-0.2, 0) is 22.0 Å². The molecular formula is C13H17FO2S. The van der Waals surface area contributed by atoms with Crippen molar-refractivity contribution in [3.63, 3.8) is 0 Å². The van der Waals surface area contributed by atoms with Gasteiger partial charge in [-0.1, -0.05) is 12.1 Å². The Kier molecular flexibility index (Phi) is 4.57. The molecule has 0 heterocycles. The molecule has 2 nitrogen and oxygen atoms in total. The number of ketones is 1. The normalized spacial score (nSPS) is 13.4. The molecule has 94 valence electrons. The second kappa shape index (κ2) is 5.54. The number of benzene rings is 1. The number of hydrogen-bond donors (Lipinski definition) is 0. The van der Waals surface area contributed by atoms with Crippen LogP contribution >= 0.6 is 0 Å². The van der Waals surface area contributed by atoms with Crippen LogP contribution in [0.15, 0.2) is 24.3 Å². The van der Waals surface area contributed by atoms with Crippen molar-refractivity contribution in [2.24, 2.45) is 0 Å². The Morgan fingerprint density at radius 2 is 1.76 bits per heavy atom. The molecule has 1 rings (SSSR count). The summed E-state index contributed by atoms with van der Waals surface area (Å²) >= 11 is 0. The van der Waals surface area contributed by atoms with Crippen LogP contribution in [0.5, 0.6) is 0 Å². The average molecular weight is 256 g/mol. The Morgan fingerprint density at radius 1 is 1.24 bits per heavy atom. The van der Waals surface area contributed by atoms with Crippen LogP contribution in [0.2, 0.25) is 0 Å². The number of halogens is 1. The second-order valence-electron chi connectivity index (χ2n) is 4.94. The second-order valence-corrected chi connectivity index (χ2v) is 7.15. The quantitative estimate of drug-likeness (QED) is 0.829. The molecule has 0 aromatic heterocycles. The van der Waals surface area contributed by atoms with Crippen LogP contribution in [0.3, 0.4) is 0 Å². The zero-order valence-corrected chi connectivity index (χ0v) is 11.1. The Balaban J connectivity index is 2.56. The molecule has 1 aromatic rings. The number of Topliss-reactive ketones (excluding diaryl/α,β-unsaturated/α-hetero) is 1. The van der Waals surface area contributed by atoms with Crippen LogP contribution < -0.4 is 0 Å². The first kappa shape index (κ1) is 14.0. The molecule has 1 unspecified atom stereocenters. The topological polar surface area (TPSA) is 34.1 Å². The fourth-order valence-electron chi connectivity index (χ4n) is 1.24. The Hall–Kier alpha value is -1.03. The minimum atomic E-state index is -1.17. The van der Waals surface area contributed by atoms with Crippen molar-refractivity contribution in [2.45, 2.75) is 31.9 Å². The van der Waals surface area contributed by atoms with E-state index >= 15 is 0 Å². The maximum absolute atomic E-state index is 12.7. The Bertz CT molecular complexity index is 418. The average Bonchev–Trinajstić information content (AvgIpc) is 2.20. The molecule has 0 saturated carbocycles. The molecule has 0 aliphatic heterocycles. The van der Waals surface area contributed by atoms with Gasteiger partial charge < -0.3 is 0 Å². The molecule has 0 amide bonds. The zero-order chi connectivity index (χ0) is 13.1. The lowest BCUT2D eigenvalue weighted by atomic mass is 10.1. The first-order chi connectivity index (χ1) is 7.79. The van der Waals surface area contributed by atoms with Gasteiger partial charge in [0.05, 0.1) is 5.75 Å². The lowest BCUT2D eigenvalue weighted by molar-refractivity contribution is -0.116. The summed E-state index contributed by atoms with van der Waals surface area (Å²) in [7, 11) is -1.17. The predicted molar refractivity (Wildman–Crippen MR) is 67.9 cm³/mol. The molecule has 0 fully saturated rings. The number of carbonyl (C=O) groups is 1. The minimum absolute atomic E-state index is 0.0564. The van der Waals surface area contributed by atoms with Crippen molar-refractivity contribution < 1.29 is 13.4 Å². The highest BCUT2D eigenvalue weighted by Crippen LogP contribution is 2.12. The summed E-state index contributed by atoms with van der Waals surface area (Å²) in [5.41, 5.74) is 0.752. The van der Waals surface area contributed by atoms with E-state index in [1.54, 1.807) is 12.1 Å². The summed E-state index contributed by atoms with van der Waals surface area (Å²) in [5, 5.41) is 0. The number of hydrogen-bond acceptors (Lipinski definition) is 2. The van der Waals surface area contributed by atoms with E-state index in [9.17, 15) is 13.4 Å². The van der Waals surface area contributed by atoms with E-state index < -0.39 is 10.8 Å². The van der Waals surface area contributed by atoms with Gasteiger partial charge >= 0.3 is 0 Å². The third-order valence-electron chi connectivity index (χ3n) is 2.29. The van der Waals surface area contributed by atoms with Crippen molar-refractivity contribution in [3.8, 4) is 0 Å². The molecule has 0 radical (unpaired) electrons. The van der Waals surface area contributed by atoms with Gasteiger partial charge in [0.2, 0.25) is 0 Å². The summed E-state index contributed by atoms with van der Waals surface area (Å²) in [4.78, 5) is 11.7. The van der Waals surface area contributed by atoms with Gasteiger partial charge in [0.15, 0.2) is 0 Å². The van der Waals surface area contributed by atoms with Crippen LogP contribution in [0.1, 0.15) is 26.3 Å². The van der Waals surface area contributed by atoms with Crippen molar-refractivity contribution in [1.82, 2.24) is 0 Å². The van der Waals surface area contributed by atoms with Gasteiger partial charge in [0.1, 0.15) is 11.6 Å². The Morgan fingerprint density at radius 3 is 2.24 bits per heavy atom. The molecule has 0 N–H and O–H groups in total. The van der Waals surface area contributed by atoms with Gasteiger partial charge in [0, 0.05) is 22.0 Å². The van der Waals surface area contributed by atoms with E-state index in [0.29, 0.717) is 0 Å².